The number of guanidine groups is 1. The molecule has 0 aliphatic carbocycles. The van der Waals surface area contributed by atoms with Gasteiger partial charge in [-0.15, -0.1) is 0 Å². The number of aryl methyl sites for hydroxylation is 1. The summed E-state index contributed by atoms with van der Waals surface area (Å²) in [4.78, 5) is 9.50. The molecule has 1 aromatic heterocycles. The van der Waals surface area contributed by atoms with Crippen molar-refractivity contribution in [3.05, 3.63) is 53.9 Å². The molecule has 1 aliphatic heterocycles. The van der Waals surface area contributed by atoms with E-state index in [9.17, 15) is 0 Å². The van der Waals surface area contributed by atoms with Crippen LogP contribution in [0, 0.1) is 0 Å². The van der Waals surface area contributed by atoms with Gasteiger partial charge in [0.05, 0.1) is 31.9 Å². The summed E-state index contributed by atoms with van der Waals surface area (Å²) >= 11 is 0. The molecule has 2 heterocycles. The molecule has 152 valence electrons. The van der Waals surface area contributed by atoms with Crippen molar-refractivity contribution in [1.82, 2.24) is 24.9 Å². The van der Waals surface area contributed by atoms with Crippen LogP contribution in [0.4, 0.5) is 0 Å². The first-order valence-electron chi connectivity index (χ1n) is 9.93. The summed E-state index contributed by atoms with van der Waals surface area (Å²) in [5.74, 6) is 0.947. The van der Waals surface area contributed by atoms with Gasteiger partial charge in [-0.2, -0.15) is 5.10 Å². The van der Waals surface area contributed by atoms with E-state index in [1.54, 1.807) is 0 Å². The van der Waals surface area contributed by atoms with Crippen molar-refractivity contribution in [1.29, 1.82) is 0 Å². The Bertz CT molecular complexity index is 757. The van der Waals surface area contributed by atoms with Crippen molar-refractivity contribution in [2.75, 3.05) is 46.9 Å². The molecule has 0 spiro atoms. The minimum atomic E-state index is 0.0186. The molecule has 2 unspecified atom stereocenters. The molecule has 1 aliphatic rings. The van der Waals surface area contributed by atoms with E-state index in [-0.39, 0.29) is 12.1 Å². The smallest absolute Gasteiger partial charge is 0.194 e. The maximum Gasteiger partial charge on any atom is 0.194 e. The van der Waals surface area contributed by atoms with Gasteiger partial charge in [-0.3, -0.25) is 9.67 Å². The van der Waals surface area contributed by atoms with E-state index in [1.807, 2.05) is 24.1 Å². The van der Waals surface area contributed by atoms with E-state index in [2.05, 4.69) is 71.6 Å². The lowest BCUT2D eigenvalue weighted by molar-refractivity contribution is -0.00807. The molecule has 3 rings (SSSR count). The predicted molar refractivity (Wildman–Crippen MR) is 112 cm³/mol. The van der Waals surface area contributed by atoms with Gasteiger partial charge in [0, 0.05) is 31.9 Å². The molecule has 1 fully saturated rings. The largest absolute Gasteiger partial charge is 0.370 e. The fourth-order valence-electron chi connectivity index (χ4n) is 3.49. The molecule has 0 bridgehead atoms. The van der Waals surface area contributed by atoms with Crippen LogP contribution in [0.15, 0.2) is 47.7 Å². The zero-order valence-electron chi connectivity index (χ0n) is 17.4. The van der Waals surface area contributed by atoms with Crippen LogP contribution in [0.5, 0.6) is 0 Å². The summed E-state index contributed by atoms with van der Waals surface area (Å²) in [6.45, 7) is 5.94. The molecule has 1 aromatic carbocycles. The SMILES string of the molecule is CCNC(=NCC(c1ccccc1)N(C)C)N1CCOC(c2cnn(C)c2)C1. The number of aliphatic imine (C=N–C) groups is 1. The average molecular weight is 385 g/mol. The predicted octanol–water partition coefficient (Wildman–Crippen LogP) is 2.06. The quantitative estimate of drug-likeness (QED) is 0.610. The van der Waals surface area contributed by atoms with Crippen LogP contribution in [-0.4, -0.2) is 72.4 Å². The third-order valence-corrected chi connectivity index (χ3v) is 5.02. The van der Waals surface area contributed by atoms with Gasteiger partial charge in [-0.25, -0.2) is 0 Å². The number of hydrogen-bond donors (Lipinski definition) is 1. The Morgan fingerprint density at radius 1 is 1.36 bits per heavy atom. The van der Waals surface area contributed by atoms with Gasteiger partial charge < -0.3 is 19.9 Å². The second kappa shape index (κ2) is 9.71. The number of benzene rings is 1. The average Bonchev–Trinajstić information content (AvgIpc) is 3.14. The van der Waals surface area contributed by atoms with Crippen molar-refractivity contribution in [3.63, 3.8) is 0 Å². The van der Waals surface area contributed by atoms with Gasteiger partial charge >= 0.3 is 0 Å². The number of nitrogens with one attached hydrogen (secondary N) is 1. The van der Waals surface area contributed by atoms with Crippen molar-refractivity contribution < 1.29 is 4.74 Å². The Hall–Kier alpha value is -2.38. The third kappa shape index (κ3) is 5.11. The summed E-state index contributed by atoms with van der Waals surface area (Å²) in [6.07, 6.45) is 3.93. The van der Waals surface area contributed by atoms with E-state index in [0.717, 1.165) is 31.2 Å². The molecule has 7 heteroatoms. The standard InChI is InChI=1S/C21H32N6O/c1-5-22-21(23-14-19(25(2)3)17-9-7-6-8-10-17)27-11-12-28-20(16-27)18-13-24-26(4)15-18/h6-10,13,15,19-20H,5,11-12,14,16H2,1-4H3,(H,22,23). The summed E-state index contributed by atoms with van der Waals surface area (Å²) in [6, 6.07) is 10.8. The molecule has 0 saturated carbocycles. The summed E-state index contributed by atoms with van der Waals surface area (Å²) in [5, 5.41) is 7.73. The van der Waals surface area contributed by atoms with Crippen molar-refractivity contribution in [2.24, 2.45) is 12.0 Å². The summed E-state index contributed by atoms with van der Waals surface area (Å²) in [5.41, 5.74) is 2.39. The first-order chi connectivity index (χ1) is 13.6. The minimum Gasteiger partial charge on any atom is -0.370 e. The molecule has 28 heavy (non-hydrogen) atoms. The topological polar surface area (TPSA) is 57.9 Å². The van der Waals surface area contributed by atoms with E-state index in [4.69, 9.17) is 9.73 Å². The first kappa shape index (κ1) is 20.4. The second-order valence-electron chi connectivity index (χ2n) is 7.34. The van der Waals surface area contributed by atoms with Crippen LogP contribution in [0.1, 0.15) is 30.2 Å². The lowest BCUT2D eigenvalue weighted by Crippen LogP contribution is -2.48. The van der Waals surface area contributed by atoms with E-state index < -0.39 is 0 Å². The van der Waals surface area contributed by atoms with Crippen molar-refractivity contribution >= 4 is 5.96 Å². The van der Waals surface area contributed by atoms with Gasteiger partial charge in [0.2, 0.25) is 0 Å². The molecular formula is C21H32N6O. The van der Waals surface area contributed by atoms with Gasteiger partial charge in [0.25, 0.3) is 0 Å². The van der Waals surface area contributed by atoms with Crippen molar-refractivity contribution in [2.45, 2.75) is 19.1 Å². The normalized spacial score (nSPS) is 19.1. The zero-order chi connectivity index (χ0) is 19.9. The van der Waals surface area contributed by atoms with Gasteiger partial charge in [0.1, 0.15) is 6.10 Å². The van der Waals surface area contributed by atoms with Crippen LogP contribution in [0.2, 0.25) is 0 Å². The van der Waals surface area contributed by atoms with Gasteiger partial charge in [0.15, 0.2) is 5.96 Å². The number of nitrogens with zero attached hydrogens (tertiary/aromatic N) is 5. The molecule has 1 saturated heterocycles. The molecule has 2 aromatic rings. The van der Waals surface area contributed by atoms with Crippen LogP contribution in [-0.2, 0) is 11.8 Å². The Balaban J connectivity index is 1.74. The summed E-state index contributed by atoms with van der Waals surface area (Å²) in [7, 11) is 6.14. The van der Waals surface area contributed by atoms with Crippen LogP contribution in [0.3, 0.4) is 0 Å². The first-order valence-corrected chi connectivity index (χ1v) is 9.93. The van der Waals surface area contributed by atoms with Gasteiger partial charge in [-0.05, 0) is 26.6 Å². The molecule has 1 N–H and O–H groups in total. The monoisotopic (exact) mass is 384 g/mol. The zero-order valence-corrected chi connectivity index (χ0v) is 17.4. The molecule has 2 atom stereocenters. The van der Waals surface area contributed by atoms with Crippen LogP contribution in [0.25, 0.3) is 0 Å². The fourth-order valence-corrected chi connectivity index (χ4v) is 3.49. The number of rotatable bonds is 6. The van der Waals surface area contributed by atoms with E-state index in [1.165, 1.54) is 5.56 Å². The number of morpholine rings is 1. The maximum atomic E-state index is 5.98. The number of hydrogen-bond acceptors (Lipinski definition) is 4. The maximum absolute atomic E-state index is 5.98. The molecular weight excluding hydrogens is 352 g/mol. The third-order valence-electron chi connectivity index (χ3n) is 5.02. The highest BCUT2D eigenvalue weighted by atomic mass is 16.5. The highest BCUT2D eigenvalue weighted by molar-refractivity contribution is 5.80. The highest BCUT2D eigenvalue weighted by Gasteiger charge is 2.25. The fraction of sp³-hybridized carbons (Fsp3) is 0.524. The molecule has 7 nitrogen and oxygen atoms in total. The van der Waals surface area contributed by atoms with Crippen LogP contribution < -0.4 is 5.32 Å². The Morgan fingerprint density at radius 3 is 2.79 bits per heavy atom. The van der Waals surface area contributed by atoms with Crippen molar-refractivity contribution in [3.8, 4) is 0 Å². The Kier molecular flexibility index (Phi) is 7.06. The number of aromatic nitrogens is 2. The second-order valence-corrected chi connectivity index (χ2v) is 7.34. The number of ether oxygens (including phenoxy) is 1. The molecule has 0 radical (unpaired) electrons. The number of likely N-dealkylation sites (N-methyl/N-ethyl adjacent to an activating group) is 1. The lowest BCUT2D eigenvalue weighted by atomic mass is 10.1. The van der Waals surface area contributed by atoms with Gasteiger partial charge in [-0.1, -0.05) is 30.3 Å². The Labute approximate surface area is 168 Å². The van der Waals surface area contributed by atoms with Crippen LogP contribution >= 0.6 is 0 Å². The summed E-state index contributed by atoms with van der Waals surface area (Å²) < 4.78 is 7.80. The van der Waals surface area contributed by atoms with E-state index in [0.29, 0.717) is 13.2 Å². The Morgan fingerprint density at radius 2 is 2.14 bits per heavy atom. The minimum absolute atomic E-state index is 0.0186. The highest BCUT2D eigenvalue weighted by Crippen LogP contribution is 2.22. The van der Waals surface area contributed by atoms with E-state index >= 15 is 0 Å². The lowest BCUT2D eigenvalue weighted by Gasteiger charge is -2.35. The molecule has 0 amide bonds.